The summed E-state index contributed by atoms with van der Waals surface area (Å²) in [6, 6.07) is 10.7. The van der Waals surface area contributed by atoms with E-state index in [1.807, 2.05) is 6.92 Å². The first-order valence-corrected chi connectivity index (χ1v) is 8.73. The topological polar surface area (TPSA) is 73.9 Å². The van der Waals surface area contributed by atoms with Crippen molar-refractivity contribution >= 4 is 23.6 Å². The fourth-order valence-corrected chi connectivity index (χ4v) is 2.23. The van der Waals surface area contributed by atoms with Crippen LogP contribution in [0.15, 0.2) is 48.5 Å². The lowest BCUT2D eigenvalue weighted by molar-refractivity contribution is -0.142. The second kappa shape index (κ2) is 10.7. The smallest absolute Gasteiger partial charge is 0.331 e. The van der Waals surface area contributed by atoms with E-state index in [-0.39, 0.29) is 5.69 Å². The van der Waals surface area contributed by atoms with Crippen molar-refractivity contribution in [3.63, 3.8) is 0 Å². The Morgan fingerprint density at radius 2 is 1.96 bits per heavy atom. The number of amides is 1. The van der Waals surface area contributed by atoms with Gasteiger partial charge in [0.15, 0.2) is 18.1 Å². The maximum Gasteiger partial charge on any atom is 0.331 e. The molecule has 0 unspecified atom stereocenters. The summed E-state index contributed by atoms with van der Waals surface area (Å²) in [5.74, 6) is -0.540. The van der Waals surface area contributed by atoms with Crippen LogP contribution in [0, 0.1) is 5.82 Å². The number of nitrogens with one attached hydrogen (secondary N) is 1. The lowest BCUT2D eigenvalue weighted by atomic mass is 10.2. The van der Waals surface area contributed by atoms with Crippen LogP contribution in [-0.2, 0) is 14.3 Å². The molecule has 0 aliphatic rings. The van der Waals surface area contributed by atoms with Crippen molar-refractivity contribution < 1.29 is 28.2 Å². The van der Waals surface area contributed by atoms with Crippen molar-refractivity contribution in [1.29, 1.82) is 0 Å². The summed E-state index contributed by atoms with van der Waals surface area (Å²) < 4.78 is 28.8. The predicted molar refractivity (Wildman–Crippen MR) is 104 cm³/mol. The quantitative estimate of drug-likeness (QED) is 0.523. The lowest BCUT2D eigenvalue weighted by Gasteiger charge is -2.10. The molecule has 28 heavy (non-hydrogen) atoms. The summed E-state index contributed by atoms with van der Waals surface area (Å²) in [4.78, 5) is 23.5. The summed E-state index contributed by atoms with van der Waals surface area (Å²) >= 11 is 0. The zero-order valence-electron chi connectivity index (χ0n) is 15.7. The fourth-order valence-electron chi connectivity index (χ4n) is 2.23. The van der Waals surface area contributed by atoms with Crippen LogP contribution >= 0.6 is 0 Å². The number of rotatable bonds is 9. The van der Waals surface area contributed by atoms with E-state index >= 15 is 0 Å². The first kappa shape index (κ1) is 21.0. The zero-order valence-corrected chi connectivity index (χ0v) is 15.7. The molecule has 0 saturated carbocycles. The van der Waals surface area contributed by atoms with E-state index in [1.54, 1.807) is 24.3 Å². The summed E-state index contributed by atoms with van der Waals surface area (Å²) in [5, 5.41) is 2.44. The van der Waals surface area contributed by atoms with Crippen LogP contribution in [0.1, 0.15) is 18.9 Å². The Balaban J connectivity index is 1.86. The van der Waals surface area contributed by atoms with Gasteiger partial charge in [0.05, 0.1) is 13.7 Å². The summed E-state index contributed by atoms with van der Waals surface area (Å²) in [7, 11) is 1.53. The minimum atomic E-state index is -0.681. The normalized spacial score (nSPS) is 10.5. The number of esters is 1. The van der Waals surface area contributed by atoms with Gasteiger partial charge in [0.2, 0.25) is 0 Å². The van der Waals surface area contributed by atoms with E-state index < -0.39 is 24.3 Å². The highest BCUT2D eigenvalue weighted by Gasteiger charge is 2.07. The van der Waals surface area contributed by atoms with Crippen molar-refractivity contribution in [3.05, 3.63) is 59.9 Å². The van der Waals surface area contributed by atoms with Gasteiger partial charge >= 0.3 is 5.97 Å². The molecule has 0 fully saturated rings. The van der Waals surface area contributed by atoms with Crippen molar-refractivity contribution in [3.8, 4) is 11.5 Å². The Morgan fingerprint density at radius 3 is 2.68 bits per heavy atom. The van der Waals surface area contributed by atoms with Crippen molar-refractivity contribution in [1.82, 2.24) is 0 Å². The average Bonchev–Trinajstić information content (AvgIpc) is 2.69. The molecule has 2 aromatic rings. The number of carbonyl (C=O) groups excluding carboxylic acids is 2. The highest BCUT2D eigenvalue weighted by molar-refractivity contribution is 5.94. The van der Waals surface area contributed by atoms with Crippen LogP contribution in [0.3, 0.4) is 0 Å². The minimum Gasteiger partial charge on any atom is -0.493 e. The molecule has 148 valence electrons. The van der Waals surface area contributed by atoms with Gasteiger partial charge in [0.25, 0.3) is 5.91 Å². The summed E-state index contributed by atoms with van der Waals surface area (Å²) in [5.41, 5.74) is 0.996. The Morgan fingerprint density at radius 1 is 1.14 bits per heavy atom. The Bertz CT molecular complexity index is 850. The van der Waals surface area contributed by atoms with Gasteiger partial charge in [0, 0.05) is 11.8 Å². The molecule has 0 spiro atoms. The third-order valence-corrected chi connectivity index (χ3v) is 3.52. The highest BCUT2D eigenvalue weighted by Crippen LogP contribution is 2.28. The van der Waals surface area contributed by atoms with Gasteiger partial charge in [-0.1, -0.05) is 19.1 Å². The molecule has 0 aliphatic heterocycles. The maximum atomic E-state index is 13.1. The number of hydrogen-bond acceptors (Lipinski definition) is 5. The van der Waals surface area contributed by atoms with Gasteiger partial charge in [0.1, 0.15) is 5.82 Å². The number of benzene rings is 2. The zero-order chi connectivity index (χ0) is 20.4. The predicted octanol–water partition coefficient (Wildman–Crippen LogP) is 3.82. The SMILES string of the molecule is CCCOc1ccc(/C=C/C(=O)OCC(=O)Nc2cccc(F)c2)cc1OC. The summed E-state index contributed by atoms with van der Waals surface area (Å²) in [6.45, 7) is 2.11. The highest BCUT2D eigenvalue weighted by atomic mass is 19.1. The number of methoxy groups -OCH3 is 1. The number of hydrogen-bond donors (Lipinski definition) is 1. The van der Waals surface area contributed by atoms with Crippen LogP contribution in [0.25, 0.3) is 6.08 Å². The van der Waals surface area contributed by atoms with E-state index in [1.165, 1.54) is 37.5 Å². The van der Waals surface area contributed by atoms with E-state index in [9.17, 15) is 14.0 Å². The molecule has 7 heteroatoms. The first-order chi connectivity index (χ1) is 13.5. The molecule has 0 radical (unpaired) electrons. The van der Waals surface area contributed by atoms with Crippen LogP contribution in [0.5, 0.6) is 11.5 Å². The summed E-state index contributed by atoms with van der Waals surface area (Å²) in [6.07, 6.45) is 3.62. The molecule has 6 nitrogen and oxygen atoms in total. The molecule has 0 saturated heterocycles. The van der Waals surface area contributed by atoms with Gasteiger partial charge in [-0.05, 0) is 48.4 Å². The standard InChI is InChI=1S/C21H22FNO5/c1-3-11-27-18-9-7-15(12-19(18)26-2)8-10-21(25)28-14-20(24)23-17-6-4-5-16(22)13-17/h4-10,12-13H,3,11,14H2,1-2H3,(H,23,24)/b10-8+. The molecular weight excluding hydrogens is 365 g/mol. The maximum absolute atomic E-state index is 13.1. The fraction of sp³-hybridized carbons (Fsp3) is 0.238. The molecular formula is C21H22FNO5. The third-order valence-electron chi connectivity index (χ3n) is 3.52. The van der Waals surface area contributed by atoms with Crippen LogP contribution in [0.2, 0.25) is 0 Å². The van der Waals surface area contributed by atoms with E-state index in [2.05, 4.69) is 5.32 Å². The number of carbonyl (C=O) groups is 2. The van der Waals surface area contributed by atoms with Gasteiger partial charge < -0.3 is 19.5 Å². The van der Waals surface area contributed by atoms with Gasteiger partial charge in [-0.3, -0.25) is 4.79 Å². The second-order valence-corrected chi connectivity index (χ2v) is 5.76. The van der Waals surface area contributed by atoms with Crippen LogP contribution in [-0.4, -0.2) is 32.2 Å². The number of ether oxygens (including phenoxy) is 3. The van der Waals surface area contributed by atoms with E-state index in [4.69, 9.17) is 14.2 Å². The molecule has 0 heterocycles. The molecule has 1 N–H and O–H groups in total. The van der Waals surface area contributed by atoms with Gasteiger partial charge in [-0.25, -0.2) is 9.18 Å². The number of halogens is 1. The third kappa shape index (κ3) is 6.75. The Labute approximate surface area is 162 Å². The van der Waals surface area contributed by atoms with Gasteiger partial charge in [-0.15, -0.1) is 0 Å². The van der Waals surface area contributed by atoms with Crippen LogP contribution in [0.4, 0.5) is 10.1 Å². The lowest BCUT2D eigenvalue weighted by Crippen LogP contribution is -2.20. The van der Waals surface area contributed by atoms with Crippen molar-refractivity contribution in [2.24, 2.45) is 0 Å². The molecule has 0 bridgehead atoms. The molecule has 0 atom stereocenters. The molecule has 0 aromatic heterocycles. The number of anilines is 1. The van der Waals surface area contributed by atoms with Gasteiger partial charge in [-0.2, -0.15) is 0 Å². The average molecular weight is 387 g/mol. The first-order valence-electron chi connectivity index (χ1n) is 8.73. The van der Waals surface area contributed by atoms with E-state index in [0.717, 1.165) is 6.42 Å². The molecule has 1 amide bonds. The van der Waals surface area contributed by atoms with E-state index in [0.29, 0.717) is 23.7 Å². The minimum absolute atomic E-state index is 0.286. The monoisotopic (exact) mass is 387 g/mol. The molecule has 0 aliphatic carbocycles. The Kier molecular flexibility index (Phi) is 8.02. The molecule has 2 aromatic carbocycles. The second-order valence-electron chi connectivity index (χ2n) is 5.76. The molecule has 2 rings (SSSR count). The van der Waals surface area contributed by atoms with Crippen molar-refractivity contribution in [2.45, 2.75) is 13.3 Å². The largest absolute Gasteiger partial charge is 0.493 e. The van der Waals surface area contributed by atoms with Crippen molar-refractivity contribution in [2.75, 3.05) is 25.6 Å². The van der Waals surface area contributed by atoms with Crippen LogP contribution < -0.4 is 14.8 Å². The Hall–Kier alpha value is -3.35.